The summed E-state index contributed by atoms with van der Waals surface area (Å²) in [6, 6.07) is 11.0. The number of anilines is 1. The fourth-order valence-corrected chi connectivity index (χ4v) is 5.48. The van der Waals surface area contributed by atoms with Crippen molar-refractivity contribution in [2.24, 2.45) is 0 Å². The van der Waals surface area contributed by atoms with Crippen LogP contribution in [0.1, 0.15) is 95.3 Å². The number of carbonyl (C=O) groups is 3. The summed E-state index contributed by atoms with van der Waals surface area (Å²) in [6.45, 7) is 1.97. The normalized spacial score (nSPS) is 19.1. The molecule has 6 heteroatoms. The maximum atomic E-state index is 13.0. The molecule has 0 spiro atoms. The Kier molecular flexibility index (Phi) is 5.92. The number of urea groups is 1. The second kappa shape index (κ2) is 9.00. The summed E-state index contributed by atoms with van der Waals surface area (Å²) in [5.74, 6) is -0.452. The number of benzene rings is 2. The van der Waals surface area contributed by atoms with Gasteiger partial charge in [0.1, 0.15) is 0 Å². The van der Waals surface area contributed by atoms with Crippen molar-refractivity contribution in [3.8, 4) is 0 Å². The monoisotopic (exact) mass is 445 g/mol. The molecule has 0 aromatic heterocycles. The fourth-order valence-electron chi connectivity index (χ4n) is 5.48. The quantitative estimate of drug-likeness (QED) is 0.621. The van der Waals surface area contributed by atoms with Crippen LogP contribution in [0.5, 0.6) is 0 Å². The number of imide groups is 1. The van der Waals surface area contributed by atoms with Gasteiger partial charge >= 0.3 is 6.03 Å². The van der Waals surface area contributed by atoms with Gasteiger partial charge in [-0.15, -0.1) is 0 Å². The predicted octanol–water partition coefficient (Wildman–Crippen LogP) is 5.38. The van der Waals surface area contributed by atoms with Crippen molar-refractivity contribution >= 4 is 23.5 Å². The molecule has 2 aromatic rings. The lowest BCUT2D eigenvalue weighted by Gasteiger charge is -2.29. The first kappa shape index (κ1) is 21.7. The van der Waals surface area contributed by atoms with Gasteiger partial charge in [0.05, 0.1) is 17.2 Å². The minimum absolute atomic E-state index is 0.0108. The molecular weight excluding hydrogens is 414 g/mol. The molecule has 2 N–H and O–H groups in total. The van der Waals surface area contributed by atoms with Crippen LogP contribution in [0.3, 0.4) is 0 Å². The second-order valence-electron chi connectivity index (χ2n) is 9.59. The Morgan fingerprint density at radius 1 is 0.879 bits per heavy atom. The SMILES string of the molecule is CC(NC(=O)Nc1ccc2c(c1)C(=O)N(C1CCCCC1)C2=O)c1ccc2c(c1)CCCC2. The van der Waals surface area contributed by atoms with Crippen molar-refractivity contribution in [2.45, 2.75) is 76.8 Å². The summed E-state index contributed by atoms with van der Waals surface area (Å²) in [4.78, 5) is 39.9. The van der Waals surface area contributed by atoms with Gasteiger partial charge in [-0.25, -0.2) is 4.79 Å². The molecule has 1 fully saturated rings. The van der Waals surface area contributed by atoms with Gasteiger partial charge < -0.3 is 10.6 Å². The third-order valence-electron chi connectivity index (χ3n) is 7.34. The third kappa shape index (κ3) is 4.26. The maximum absolute atomic E-state index is 13.0. The highest BCUT2D eigenvalue weighted by molar-refractivity contribution is 6.22. The van der Waals surface area contributed by atoms with Crippen molar-refractivity contribution in [1.29, 1.82) is 0 Å². The molecule has 0 radical (unpaired) electrons. The van der Waals surface area contributed by atoms with Crippen molar-refractivity contribution in [2.75, 3.05) is 5.32 Å². The van der Waals surface area contributed by atoms with Crippen LogP contribution in [0.2, 0.25) is 0 Å². The van der Waals surface area contributed by atoms with Crippen LogP contribution in [0.15, 0.2) is 36.4 Å². The zero-order valence-corrected chi connectivity index (χ0v) is 19.2. The molecule has 1 saturated carbocycles. The first-order valence-corrected chi connectivity index (χ1v) is 12.2. The van der Waals surface area contributed by atoms with Crippen LogP contribution in [-0.2, 0) is 12.8 Å². The van der Waals surface area contributed by atoms with E-state index in [0.29, 0.717) is 16.8 Å². The summed E-state index contributed by atoms with van der Waals surface area (Å²) in [5.41, 5.74) is 5.21. The van der Waals surface area contributed by atoms with Gasteiger partial charge in [-0.05, 0) is 80.3 Å². The van der Waals surface area contributed by atoms with Crippen LogP contribution in [0, 0.1) is 0 Å². The van der Waals surface area contributed by atoms with Crippen LogP contribution < -0.4 is 10.6 Å². The van der Waals surface area contributed by atoms with E-state index in [0.717, 1.165) is 50.5 Å². The highest BCUT2D eigenvalue weighted by atomic mass is 16.2. The summed E-state index contributed by atoms with van der Waals surface area (Å²) < 4.78 is 0. The predicted molar refractivity (Wildman–Crippen MR) is 127 cm³/mol. The van der Waals surface area contributed by atoms with E-state index in [9.17, 15) is 14.4 Å². The summed E-state index contributed by atoms with van der Waals surface area (Å²) in [6.07, 6.45) is 9.70. The number of hydrogen-bond acceptors (Lipinski definition) is 3. The number of amides is 4. The topological polar surface area (TPSA) is 78.5 Å². The second-order valence-corrected chi connectivity index (χ2v) is 9.59. The molecule has 2 aliphatic carbocycles. The molecule has 1 heterocycles. The molecule has 1 unspecified atom stereocenters. The lowest BCUT2D eigenvalue weighted by Crippen LogP contribution is -2.40. The molecule has 0 bridgehead atoms. The zero-order chi connectivity index (χ0) is 22.9. The zero-order valence-electron chi connectivity index (χ0n) is 19.2. The van der Waals surface area contributed by atoms with Crippen molar-refractivity contribution in [1.82, 2.24) is 10.2 Å². The van der Waals surface area contributed by atoms with Gasteiger partial charge in [0.15, 0.2) is 0 Å². The van der Waals surface area contributed by atoms with Crippen LogP contribution >= 0.6 is 0 Å². The first-order chi connectivity index (χ1) is 16.0. The lowest BCUT2D eigenvalue weighted by molar-refractivity contribution is 0.0549. The van der Waals surface area contributed by atoms with E-state index in [2.05, 4.69) is 28.8 Å². The highest BCUT2D eigenvalue weighted by Crippen LogP contribution is 2.32. The standard InChI is InChI=1S/C27H31N3O3/c1-17(19-12-11-18-7-5-6-8-20(18)15-19)28-27(33)29-21-13-14-23-24(16-21)26(32)30(25(23)31)22-9-3-2-4-10-22/h11-17,22H,2-10H2,1H3,(H2,28,29,33). The summed E-state index contributed by atoms with van der Waals surface area (Å²) in [7, 11) is 0. The molecular formula is C27H31N3O3. The number of aryl methyl sites for hydroxylation is 2. The van der Waals surface area contributed by atoms with Gasteiger partial charge in [0.2, 0.25) is 0 Å². The Labute approximate surface area is 194 Å². The van der Waals surface area contributed by atoms with E-state index in [1.165, 1.54) is 28.9 Å². The van der Waals surface area contributed by atoms with E-state index in [1.54, 1.807) is 18.2 Å². The Bertz CT molecular complexity index is 1100. The molecule has 6 nitrogen and oxygen atoms in total. The largest absolute Gasteiger partial charge is 0.331 e. The molecule has 1 aliphatic heterocycles. The van der Waals surface area contributed by atoms with E-state index in [4.69, 9.17) is 0 Å². The summed E-state index contributed by atoms with van der Waals surface area (Å²) >= 11 is 0. The fraction of sp³-hybridized carbons (Fsp3) is 0.444. The number of nitrogens with zero attached hydrogens (tertiary/aromatic N) is 1. The average Bonchev–Trinajstić information content (AvgIpc) is 3.08. The van der Waals surface area contributed by atoms with Gasteiger partial charge in [-0.3, -0.25) is 14.5 Å². The summed E-state index contributed by atoms with van der Waals surface area (Å²) in [5, 5.41) is 5.82. The van der Waals surface area contributed by atoms with Crippen molar-refractivity contribution in [3.63, 3.8) is 0 Å². The Hall–Kier alpha value is -3.15. The van der Waals surface area contributed by atoms with E-state index in [1.807, 2.05) is 6.92 Å². The molecule has 2 aromatic carbocycles. The van der Waals surface area contributed by atoms with Crippen LogP contribution in [0.4, 0.5) is 10.5 Å². The smallest absolute Gasteiger partial charge is 0.319 e. The molecule has 3 aliphatic rings. The number of nitrogens with one attached hydrogen (secondary N) is 2. The minimum Gasteiger partial charge on any atom is -0.331 e. The number of carbonyl (C=O) groups excluding carboxylic acids is 3. The molecule has 5 rings (SSSR count). The van der Waals surface area contributed by atoms with E-state index < -0.39 is 0 Å². The molecule has 4 amide bonds. The van der Waals surface area contributed by atoms with Gasteiger partial charge in [-0.2, -0.15) is 0 Å². The lowest BCUT2D eigenvalue weighted by atomic mass is 9.89. The molecule has 172 valence electrons. The van der Waals surface area contributed by atoms with E-state index >= 15 is 0 Å². The Balaban J connectivity index is 1.25. The van der Waals surface area contributed by atoms with Gasteiger partial charge in [0.25, 0.3) is 11.8 Å². The van der Waals surface area contributed by atoms with Gasteiger partial charge in [0, 0.05) is 11.7 Å². The van der Waals surface area contributed by atoms with E-state index in [-0.39, 0.29) is 29.9 Å². The highest BCUT2D eigenvalue weighted by Gasteiger charge is 2.40. The van der Waals surface area contributed by atoms with Crippen LogP contribution in [-0.4, -0.2) is 28.8 Å². The van der Waals surface area contributed by atoms with Crippen molar-refractivity contribution < 1.29 is 14.4 Å². The molecule has 33 heavy (non-hydrogen) atoms. The Morgan fingerprint density at radius 2 is 1.61 bits per heavy atom. The van der Waals surface area contributed by atoms with Gasteiger partial charge in [-0.1, -0.05) is 37.5 Å². The van der Waals surface area contributed by atoms with Crippen LogP contribution in [0.25, 0.3) is 0 Å². The number of rotatable bonds is 4. The minimum atomic E-state index is -0.332. The van der Waals surface area contributed by atoms with Crippen molar-refractivity contribution in [3.05, 3.63) is 64.2 Å². The third-order valence-corrected chi connectivity index (χ3v) is 7.34. The number of hydrogen-bond donors (Lipinski definition) is 2. The number of fused-ring (bicyclic) bond motifs is 2. The Morgan fingerprint density at radius 3 is 2.39 bits per heavy atom. The maximum Gasteiger partial charge on any atom is 0.319 e. The molecule has 0 saturated heterocycles. The average molecular weight is 446 g/mol. The molecule has 1 atom stereocenters. The first-order valence-electron chi connectivity index (χ1n) is 12.2.